The molecule has 1 aromatic heterocycles. The second kappa shape index (κ2) is 3.49. The average Bonchev–Trinajstić information content (AvgIpc) is 2.12. The van der Waals surface area contributed by atoms with Crippen LogP contribution in [0.2, 0.25) is 0 Å². The van der Waals surface area contributed by atoms with Gasteiger partial charge in [0, 0.05) is 5.39 Å². The van der Waals surface area contributed by atoms with Crippen molar-refractivity contribution < 1.29 is 0 Å². The molecule has 0 aliphatic rings. The highest BCUT2D eigenvalue weighted by Gasteiger charge is 2.00. The molecule has 2 rings (SSSR count). The van der Waals surface area contributed by atoms with Crippen LogP contribution < -0.4 is 6.15 Å². The van der Waals surface area contributed by atoms with Gasteiger partial charge in [-0.3, -0.25) is 0 Å². The van der Waals surface area contributed by atoms with E-state index in [1.807, 2.05) is 25.1 Å². The van der Waals surface area contributed by atoms with Gasteiger partial charge in [-0.2, -0.15) is 10.2 Å². The predicted molar refractivity (Wildman–Crippen MR) is 54.0 cm³/mol. The lowest BCUT2D eigenvalue weighted by Gasteiger charge is -2.01. The highest BCUT2D eigenvalue weighted by Crippen LogP contribution is 2.16. The van der Waals surface area contributed by atoms with Crippen molar-refractivity contribution in [1.82, 2.24) is 16.3 Å². The summed E-state index contributed by atoms with van der Waals surface area (Å²) in [5, 5.41) is 9.35. The van der Waals surface area contributed by atoms with Crippen molar-refractivity contribution in [2.75, 3.05) is 0 Å². The van der Waals surface area contributed by atoms with Crippen molar-refractivity contribution in [2.24, 2.45) is 0 Å². The smallest absolute Gasteiger partial charge is 0.0932 e. The summed E-state index contributed by atoms with van der Waals surface area (Å²) in [4.78, 5) is 0. The first-order valence-electron chi connectivity index (χ1n) is 3.97. The van der Waals surface area contributed by atoms with Gasteiger partial charge in [-0.15, -0.1) is 0 Å². The van der Waals surface area contributed by atoms with Crippen molar-refractivity contribution in [3.8, 4) is 0 Å². The molecule has 0 saturated carbocycles. The number of benzene rings is 1. The third-order valence-electron chi connectivity index (χ3n) is 2.16. The van der Waals surface area contributed by atoms with E-state index in [2.05, 4.69) is 23.2 Å². The second-order valence-electron chi connectivity index (χ2n) is 2.93. The zero-order valence-corrected chi connectivity index (χ0v) is 7.91. The van der Waals surface area contributed by atoms with Gasteiger partial charge in [-0.1, -0.05) is 18.2 Å². The first kappa shape index (κ1) is 9.61. The van der Waals surface area contributed by atoms with Crippen molar-refractivity contribution in [3.63, 3.8) is 0 Å². The largest absolute Gasteiger partial charge is 0.344 e. The van der Waals surface area contributed by atoms with Gasteiger partial charge in [-0.05, 0) is 25.5 Å². The number of nitrogens with zero attached hydrogens (tertiary/aromatic N) is 2. The quantitative estimate of drug-likeness (QED) is 0.668. The van der Waals surface area contributed by atoms with Gasteiger partial charge in [0.05, 0.1) is 11.2 Å². The molecule has 13 heavy (non-hydrogen) atoms. The maximum atomic E-state index is 4.09. The molecule has 1 heterocycles. The number of aromatic nitrogens is 2. The van der Waals surface area contributed by atoms with Crippen molar-refractivity contribution in [2.45, 2.75) is 13.8 Å². The number of rotatable bonds is 0. The Morgan fingerprint density at radius 3 is 2.46 bits per heavy atom. The van der Waals surface area contributed by atoms with E-state index in [-0.39, 0.29) is 6.15 Å². The first-order valence-corrected chi connectivity index (χ1v) is 3.97. The Bertz CT molecular complexity index is 423. The molecule has 0 unspecified atom stereocenters. The Morgan fingerprint density at radius 2 is 1.69 bits per heavy atom. The van der Waals surface area contributed by atoms with Gasteiger partial charge in [0.15, 0.2) is 0 Å². The standard InChI is InChI=1S/C10H10N2.H3N/c1-7-8(2)11-12-10-6-4-3-5-9(7)10;/h3-6H,1-2H3;1H3. The molecule has 0 fully saturated rings. The molecule has 0 amide bonds. The van der Waals surface area contributed by atoms with Gasteiger partial charge in [0.25, 0.3) is 0 Å². The van der Waals surface area contributed by atoms with E-state index in [4.69, 9.17) is 0 Å². The summed E-state index contributed by atoms with van der Waals surface area (Å²) in [7, 11) is 0. The SMILES string of the molecule is Cc1nnc2ccccc2c1C.N. The Morgan fingerprint density at radius 1 is 1.00 bits per heavy atom. The summed E-state index contributed by atoms with van der Waals surface area (Å²) in [6, 6.07) is 8.06. The van der Waals surface area contributed by atoms with Gasteiger partial charge in [-0.25, -0.2) is 0 Å². The van der Waals surface area contributed by atoms with E-state index in [0.717, 1.165) is 11.2 Å². The summed E-state index contributed by atoms with van der Waals surface area (Å²) in [5.41, 5.74) is 3.20. The summed E-state index contributed by atoms with van der Waals surface area (Å²) < 4.78 is 0. The van der Waals surface area contributed by atoms with Gasteiger partial charge >= 0.3 is 0 Å². The molecule has 0 spiro atoms. The lowest BCUT2D eigenvalue weighted by Crippen LogP contribution is -1.92. The van der Waals surface area contributed by atoms with E-state index in [1.165, 1.54) is 10.9 Å². The Hall–Kier alpha value is -1.48. The van der Waals surface area contributed by atoms with Crippen LogP contribution in [0, 0.1) is 13.8 Å². The molecule has 3 nitrogen and oxygen atoms in total. The number of aryl methyl sites for hydroxylation is 2. The molecular formula is C10H13N3. The summed E-state index contributed by atoms with van der Waals surface area (Å²) >= 11 is 0. The summed E-state index contributed by atoms with van der Waals surface area (Å²) in [5.74, 6) is 0. The van der Waals surface area contributed by atoms with Crippen molar-refractivity contribution in [3.05, 3.63) is 35.5 Å². The minimum Gasteiger partial charge on any atom is -0.344 e. The number of hydrogen-bond donors (Lipinski definition) is 1. The lowest BCUT2D eigenvalue weighted by atomic mass is 10.1. The molecule has 0 saturated heterocycles. The second-order valence-corrected chi connectivity index (χ2v) is 2.93. The Kier molecular flexibility index (Phi) is 2.58. The van der Waals surface area contributed by atoms with Crippen LogP contribution >= 0.6 is 0 Å². The third kappa shape index (κ3) is 1.51. The van der Waals surface area contributed by atoms with Crippen LogP contribution in [0.1, 0.15) is 11.3 Å². The first-order chi connectivity index (χ1) is 5.79. The molecule has 0 bridgehead atoms. The fourth-order valence-corrected chi connectivity index (χ4v) is 1.28. The highest BCUT2D eigenvalue weighted by atomic mass is 15.1. The monoisotopic (exact) mass is 175 g/mol. The van der Waals surface area contributed by atoms with E-state index >= 15 is 0 Å². The average molecular weight is 175 g/mol. The van der Waals surface area contributed by atoms with Crippen molar-refractivity contribution in [1.29, 1.82) is 0 Å². The van der Waals surface area contributed by atoms with Crippen LogP contribution in [0.5, 0.6) is 0 Å². The highest BCUT2D eigenvalue weighted by molar-refractivity contribution is 5.81. The molecule has 0 aliphatic carbocycles. The summed E-state index contributed by atoms with van der Waals surface area (Å²) in [6.07, 6.45) is 0. The van der Waals surface area contributed by atoms with Crippen LogP contribution in [-0.4, -0.2) is 10.2 Å². The van der Waals surface area contributed by atoms with Crippen LogP contribution in [-0.2, 0) is 0 Å². The third-order valence-corrected chi connectivity index (χ3v) is 2.16. The van der Waals surface area contributed by atoms with Crippen LogP contribution in [0.4, 0.5) is 0 Å². The summed E-state index contributed by atoms with van der Waals surface area (Å²) in [6.45, 7) is 4.06. The Balaban J connectivity index is 0.000000845. The minimum absolute atomic E-state index is 0. The number of hydrogen-bond acceptors (Lipinski definition) is 3. The van der Waals surface area contributed by atoms with E-state index in [1.54, 1.807) is 0 Å². The minimum atomic E-state index is 0. The molecule has 0 radical (unpaired) electrons. The van der Waals surface area contributed by atoms with Crippen LogP contribution in [0.25, 0.3) is 10.9 Å². The molecule has 0 aliphatic heterocycles. The fourth-order valence-electron chi connectivity index (χ4n) is 1.28. The fraction of sp³-hybridized carbons (Fsp3) is 0.200. The van der Waals surface area contributed by atoms with Gasteiger partial charge < -0.3 is 6.15 Å². The molecular weight excluding hydrogens is 162 g/mol. The van der Waals surface area contributed by atoms with Crippen molar-refractivity contribution >= 4 is 10.9 Å². The molecule has 68 valence electrons. The molecule has 3 N–H and O–H groups in total. The van der Waals surface area contributed by atoms with Crippen LogP contribution in [0.3, 0.4) is 0 Å². The molecule has 2 aromatic rings. The lowest BCUT2D eigenvalue weighted by molar-refractivity contribution is 1.00. The van der Waals surface area contributed by atoms with E-state index in [9.17, 15) is 0 Å². The van der Waals surface area contributed by atoms with Gasteiger partial charge in [0.1, 0.15) is 0 Å². The molecule has 1 aromatic carbocycles. The topological polar surface area (TPSA) is 60.8 Å². The normalized spacial score (nSPS) is 9.69. The zero-order valence-electron chi connectivity index (χ0n) is 7.91. The maximum absolute atomic E-state index is 4.09. The maximum Gasteiger partial charge on any atom is 0.0932 e. The molecule has 0 atom stereocenters. The predicted octanol–water partition coefficient (Wildman–Crippen LogP) is 2.41. The van der Waals surface area contributed by atoms with Gasteiger partial charge in [0.2, 0.25) is 0 Å². The Labute approximate surface area is 77.4 Å². The van der Waals surface area contributed by atoms with Crippen LogP contribution in [0.15, 0.2) is 24.3 Å². The van der Waals surface area contributed by atoms with E-state index < -0.39 is 0 Å². The van der Waals surface area contributed by atoms with E-state index in [0.29, 0.717) is 0 Å². The zero-order chi connectivity index (χ0) is 8.55. The number of fused-ring (bicyclic) bond motifs is 1. The molecule has 3 heteroatoms.